The number of nitrogen functional groups attached to an aromatic ring is 1. The zero-order chi connectivity index (χ0) is 14.7. The molecule has 19 heavy (non-hydrogen) atoms. The van der Waals surface area contributed by atoms with Crippen LogP contribution in [0.4, 0.5) is 11.4 Å². The molecule has 0 saturated heterocycles. The van der Waals surface area contributed by atoms with E-state index >= 15 is 0 Å². The first-order chi connectivity index (χ1) is 8.73. The molecule has 0 bridgehead atoms. The van der Waals surface area contributed by atoms with Gasteiger partial charge in [-0.25, -0.2) is 0 Å². The summed E-state index contributed by atoms with van der Waals surface area (Å²) in [6, 6.07) is 1.07. The lowest BCUT2D eigenvalue weighted by molar-refractivity contribution is -0.384. The van der Waals surface area contributed by atoms with E-state index in [4.69, 9.17) is 23.1 Å². The van der Waals surface area contributed by atoms with Gasteiger partial charge in [0.2, 0.25) is 5.91 Å². The van der Waals surface area contributed by atoms with Gasteiger partial charge in [-0.3, -0.25) is 19.7 Å². The smallest absolute Gasteiger partial charge is 0.271 e. The number of nitrogens with two attached hydrogens (primary N) is 2. The van der Waals surface area contributed by atoms with Gasteiger partial charge in [-0.1, -0.05) is 11.6 Å². The maximum atomic E-state index is 11.8. The maximum Gasteiger partial charge on any atom is 0.271 e. The number of hydrogen-bond acceptors (Lipinski definition) is 5. The highest BCUT2D eigenvalue weighted by atomic mass is 35.5. The van der Waals surface area contributed by atoms with Crippen molar-refractivity contribution in [2.45, 2.75) is 13.0 Å². The van der Waals surface area contributed by atoms with Gasteiger partial charge < -0.3 is 16.8 Å². The van der Waals surface area contributed by atoms with E-state index in [0.29, 0.717) is 0 Å². The van der Waals surface area contributed by atoms with Gasteiger partial charge in [0.1, 0.15) is 6.04 Å². The number of nitro benzene ring substituents is 1. The number of halogens is 1. The van der Waals surface area contributed by atoms with Gasteiger partial charge in [0.25, 0.3) is 11.6 Å². The molecule has 0 heterocycles. The predicted molar refractivity (Wildman–Crippen MR) is 68.6 cm³/mol. The monoisotopic (exact) mass is 286 g/mol. The fourth-order valence-corrected chi connectivity index (χ4v) is 1.46. The number of nitro groups is 1. The number of benzene rings is 1. The molecule has 0 saturated carbocycles. The van der Waals surface area contributed by atoms with Crippen molar-refractivity contribution in [3.63, 3.8) is 0 Å². The van der Waals surface area contributed by atoms with Crippen LogP contribution in [0.3, 0.4) is 0 Å². The Morgan fingerprint density at radius 1 is 1.47 bits per heavy atom. The zero-order valence-electron chi connectivity index (χ0n) is 9.84. The number of rotatable bonds is 4. The summed E-state index contributed by atoms with van der Waals surface area (Å²) in [6.07, 6.45) is 0. The Balaban J connectivity index is 3.15. The lowest BCUT2D eigenvalue weighted by atomic mass is 10.1. The van der Waals surface area contributed by atoms with Crippen molar-refractivity contribution in [1.82, 2.24) is 5.32 Å². The molecule has 0 aliphatic rings. The molecule has 9 heteroatoms. The van der Waals surface area contributed by atoms with E-state index < -0.39 is 22.8 Å². The van der Waals surface area contributed by atoms with Gasteiger partial charge in [-0.15, -0.1) is 0 Å². The zero-order valence-corrected chi connectivity index (χ0v) is 10.6. The molecule has 0 aromatic heterocycles. The molecule has 1 unspecified atom stereocenters. The normalized spacial score (nSPS) is 11.7. The molecule has 1 rings (SSSR count). The van der Waals surface area contributed by atoms with Crippen molar-refractivity contribution in [3.05, 3.63) is 32.8 Å². The van der Waals surface area contributed by atoms with Crippen LogP contribution in [0.2, 0.25) is 5.02 Å². The molecule has 1 atom stereocenters. The minimum absolute atomic E-state index is 0.110. The Bertz CT molecular complexity index is 561. The molecular formula is C10H11ClN4O4. The second-order valence-electron chi connectivity index (χ2n) is 3.74. The highest BCUT2D eigenvalue weighted by Gasteiger charge is 2.21. The van der Waals surface area contributed by atoms with Crippen LogP contribution in [-0.4, -0.2) is 22.8 Å². The van der Waals surface area contributed by atoms with Crippen molar-refractivity contribution < 1.29 is 14.5 Å². The second kappa shape index (κ2) is 5.53. The van der Waals surface area contributed by atoms with Crippen molar-refractivity contribution >= 4 is 34.8 Å². The third-order valence-electron chi connectivity index (χ3n) is 2.34. The average Bonchev–Trinajstić information content (AvgIpc) is 2.31. The van der Waals surface area contributed by atoms with Crippen molar-refractivity contribution in [3.8, 4) is 0 Å². The standard InChI is InChI=1S/C10H11ClN4O4/c1-4(9(13)16)14-10(17)6-2-5(15(18)19)3-7(11)8(6)12/h2-4H,12H2,1H3,(H2,13,16)(H,14,17). The first-order valence-corrected chi connectivity index (χ1v) is 5.45. The number of amides is 2. The first kappa shape index (κ1) is 14.7. The number of primary amides is 1. The Morgan fingerprint density at radius 3 is 2.53 bits per heavy atom. The van der Waals surface area contributed by atoms with Gasteiger partial charge >= 0.3 is 0 Å². The molecular weight excluding hydrogens is 276 g/mol. The molecule has 8 nitrogen and oxygen atoms in total. The molecule has 102 valence electrons. The van der Waals surface area contributed by atoms with Crippen LogP contribution in [0.5, 0.6) is 0 Å². The molecule has 1 aromatic carbocycles. The van der Waals surface area contributed by atoms with Gasteiger partial charge in [-0.2, -0.15) is 0 Å². The Hall–Kier alpha value is -2.35. The number of nitrogens with zero attached hydrogens (tertiary/aromatic N) is 1. The Labute approximate surface area is 112 Å². The third-order valence-corrected chi connectivity index (χ3v) is 2.66. The van der Waals surface area contributed by atoms with Crippen molar-refractivity contribution in [2.24, 2.45) is 5.73 Å². The lowest BCUT2D eigenvalue weighted by Gasteiger charge is -2.12. The number of non-ortho nitro benzene ring substituents is 1. The largest absolute Gasteiger partial charge is 0.397 e. The first-order valence-electron chi connectivity index (χ1n) is 5.07. The van der Waals surface area contributed by atoms with Crippen LogP contribution in [0, 0.1) is 10.1 Å². The fraction of sp³-hybridized carbons (Fsp3) is 0.200. The second-order valence-corrected chi connectivity index (χ2v) is 4.15. The maximum absolute atomic E-state index is 11.8. The van der Waals surface area contributed by atoms with Crippen LogP contribution < -0.4 is 16.8 Å². The molecule has 0 aliphatic heterocycles. The van der Waals surface area contributed by atoms with E-state index in [-0.39, 0.29) is 22.0 Å². The summed E-state index contributed by atoms with van der Waals surface area (Å²) < 4.78 is 0. The minimum Gasteiger partial charge on any atom is -0.397 e. The number of carbonyl (C=O) groups excluding carboxylic acids is 2. The summed E-state index contributed by atoms with van der Waals surface area (Å²) in [4.78, 5) is 32.6. The van der Waals surface area contributed by atoms with Crippen LogP contribution in [-0.2, 0) is 4.79 Å². The summed E-state index contributed by atoms with van der Waals surface area (Å²) in [7, 11) is 0. The third kappa shape index (κ3) is 3.32. The molecule has 0 radical (unpaired) electrons. The summed E-state index contributed by atoms with van der Waals surface area (Å²) in [5.41, 5.74) is 9.89. The fourth-order valence-electron chi connectivity index (χ4n) is 1.24. The quantitative estimate of drug-likeness (QED) is 0.418. The Morgan fingerprint density at radius 2 is 2.05 bits per heavy atom. The number of nitrogens with one attached hydrogen (secondary N) is 1. The van der Waals surface area contributed by atoms with Crippen LogP contribution in [0.15, 0.2) is 12.1 Å². The summed E-state index contributed by atoms with van der Waals surface area (Å²) in [6.45, 7) is 1.37. The van der Waals surface area contributed by atoms with Gasteiger partial charge in [0, 0.05) is 12.1 Å². The SMILES string of the molecule is CC(NC(=O)c1cc([N+](=O)[O-])cc(Cl)c1N)C(N)=O. The molecule has 2 amide bonds. The topological polar surface area (TPSA) is 141 Å². The van der Waals surface area contributed by atoms with Crippen LogP contribution in [0.25, 0.3) is 0 Å². The summed E-state index contributed by atoms with van der Waals surface area (Å²) >= 11 is 5.71. The highest BCUT2D eigenvalue weighted by Crippen LogP contribution is 2.28. The molecule has 0 spiro atoms. The van der Waals surface area contributed by atoms with Gasteiger partial charge in [-0.05, 0) is 6.92 Å². The number of anilines is 1. The van der Waals surface area contributed by atoms with Crippen molar-refractivity contribution in [1.29, 1.82) is 0 Å². The summed E-state index contributed by atoms with van der Waals surface area (Å²) in [5.74, 6) is -1.52. The molecule has 0 fully saturated rings. The lowest BCUT2D eigenvalue weighted by Crippen LogP contribution is -2.42. The minimum atomic E-state index is -0.940. The molecule has 5 N–H and O–H groups in total. The highest BCUT2D eigenvalue weighted by molar-refractivity contribution is 6.34. The van der Waals surface area contributed by atoms with Gasteiger partial charge in [0.15, 0.2) is 0 Å². The van der Waals surface area contributed by atoms with Crippen LogP contribution in [0.1, 0.15) is 17.3 Å². The van der Waals surface area contributed by atoms with E-state index in [9.17, 15) is 19.7 Å². The van der Waals surface area contributed by atoms with E-state index in [1.807, 2.05) is 0 Å². The van der Waals surface area contributed by atoms with Gasteiger partial charge in [0.05, 0.1) is 21.2 Å². The van der Waals surface area contributed by atoms with E-state index in [0.717, 1.165) is 12.1 Å². The van der Waals surface area contributed by atoms with Crippen LogP contribution >= 0.6 is 11.6 Å². The molecule has 1 aromatic rings. The van der Waals surface area contributed by atoms with E-state index in [1.54, 1.807) is 0 Å². The van der Waals surface area contributed by atoms with Crippen molar-refractivity contribution in [2.75, 3.05) is 5.73 Å². The average molecular weight is 287 g/mol. The van der Waals surface area contributed by atoms with E-state index in [1.165, 1.54) is 6.92 Å². The number of hydrogen-bond donors (Lipinski definition) is 3. The predicted octanol–water partition coefficient (Wildman–Crippen LogP) is 0.434. The van der Waals surface area contributed by atoms with E-state index in [2.05, 4.69) is 5.32 Å². The number of carbonyl (C=O) groups is 2. The Kier molecular flexibility index (Phi) is 4.28. The summed E-state index contributed by atoms with van der Waals surface area (Å²) in [5, 5.41) is 12.8. The molecule has 0 aliphatic carbocycles.